The standard InChI is InChI=1S/C13H16Cl2N2O/c14-10-3-1-4-11(15)9(10)6-8-17-13(18)12-5-2-7-16-12/h1,3-4,12,16H,2,5-8H2,(H,17,18). The third kappa shape index (κ3) is 3.37. The third-order valence-corrected chi connectivity index (χ3v) is 3.82. The largest absolute Gasteiger partial charge is 0.354 e. The zero-order valence-corrected chi connectivity index (χ0v) is 11.5. The van der Waals surface area contributed by atoms with E-state index in [1.165, 1.54) is 0 Å². The van der Waals surface area contributed by atoms with Crippen LogP contribution in [0.3, 0.4) is 0 Å². The fourth-order valence-corrected chi connectivity index (χ4v) is 2.70. The number of halogens is 2. The Hall–Kier alpha value is -0.770. The molecule has 1 aliphatic rings. The van der Waals surface area contributed by atoms with Crippen LogP contribution in [-0.2, 0) is 11.2 Å². The molecule has 3 nitrogen and oxygen atoms in total. The van der Waals surface area contributed by atoms with Crippen LogP contribution < -0.4 is 10.6 Å². The van der Waals surface area contributed by atoms with Gasteiger partial charge in [0, 0.05) is 16.6 Å². The third-order valence-electron chi connectivity index (χ3n) is 3.11. The first-order chi connectivity index (χ1) is 8.68. The van der Waals surface area contributed by atoms with Crippen molar-refractivity contribution in [3.05, 3.63) is 33.8 Å². The van der Waals surface area contributed by atoms with Crippen LogP contribution >= 0.6 is 23.2 Å². The molecule has 1 amide bonds. The Bertz CT molecular complexity index is 411. The minimum absolute atomic E-state index is 0.0354. The van der Waals surface area contributed by atoms with Crippen molar-refractivity contribution < 1.29 is 4.79 Å². The van der Waals surface area contributed by atoms with Crippen LogP contribution in [-0.4, -0.2) is 25.0 Å². The summed E-state index contributed by atoms with van der Waals surface area (Å²) < 4.78 is 0. The number of hydrogen-bond donors (Lipinski definition) is 2. The minimum atomic E-state index is -0.0354. The van der Waals surface area contributed by atoms with E-state index in [1.807, 2.05) is 18.2 Å². The minimum Gasteiger partial charge on any atom is -0.354 e. The maximum Gasteiger partial charge on any atom is 0.237 e. The van der Waals surface area contributed by atoms with E-state index in [-0.39, 0.29) is 11.9 Å². The summed E-state index contributed by atoms with van der Waals surface area (Å²) in [7, 11) is 0. The number of amides is 1. The Balaban J connectivity index is 1.83. The van der Waals surface area contributed by atoms with Crippen molar-refractivity contribution in [1.29, 1.82) is 0 Å². The molecule has 98 valence electrons. The van der Waals surface area contributed by atoms with Gasteiger partial charge in [-0.15, -0.1) is 0 Å². The van der Waals surface area contributed by atoms with Gasteiger partial charge in [-0.2, -0.15) is 0 Å². The molecular formula is C13H16Cl2N2O. The van der Waals surface area contributed by atoms with Crippen LogP contribution in [0.5, 0.6) is 0 Å². The van der Waals surface area contributed by atoms with Gasteiger partial charge < -0.3 is 10.6 Å². The van der Waals surface area contributed by atoms with Crippen molar-refractivity contribution in [2.24, 2.45) is 0 Å². The highest BCUT2D eigenvalue weighted by atomic mass is 35.5. The lowest BCUT2D eigenvalue weighted by Crippen LogP contribution is -2.41. The summed E-state index contributed by atoms with van der Waals surface area (Å²) in [5.74, 6) is 0.0654. The molecule has 0 saturated carbocycles. The molecule has 0 bridgehead atoms. The Labute approximate surface area is 117 Å². The Morgan fingerprint density at radius 1 is 1.39 bits per heavy atom. The van der Waals surface area contributed by atoms with Gasteiger partial charge in [-0.3, -0.25) is 4.79 Å². The summed E-state index contributed by atoms with van der Waals surface area (Å²) >= 11 is 12.1. The highest BCUT2D eigenvalue weighted by molar-refractivity contribution is 6.35. The lowest BCUT2D eigenvalue weighted by molar-refractivity contribution is -0.122. The summed E-state index contributed by atoms with van der Waals surface area (Å²) in [5, 5.41) is 7.37. The molecular weight excluding hydrogens is 271 g/mol. The number of rotatable bonds is 4. The van der Waals surface area contributed by atoms with Crippen LogP contribution in [0.4, 0.5) is 0 Å². The number of nitrogens with one attached hydrogen (secondary N) is 2. The summed E-state index contributed by atoms with van der Waals surface area (Å²) in [6.07, 6.45) is 2.63. The van der Waals surface area contributed by atoms with Gasteiger partial charge in [0.2, 0.25) is 5.91 Å². The summed E-state index contributed by atoms with van der Waals surface area (Å²) in [6, 6.07) is 5.40. The van der Waals surface area contributed by atoms with Gasteiger partial charge in [0.25, 0.3) is 0 Å². The van der Waals surface area contributed by atoms with Crippen molar-refractivity contribution in [3.8, 4) is 0 Å². The van der Waals surface area contributed by atoms with Gasteiger partial charge in [-0.1, -0.05) is 29.3 Å². The molecule has 1 aliphatic heterocycles. The smallest absolute Gasteiger partial charge is 0.237 e. The first-order valence-electron chi connectivity index (χ1n) is 6.12. The van der Waals surface area contributed by atoms with Crippen LogP contribution in [0.15, 0.2) is 18.2 Å². The zero-order valence-electron chi connectivity index (χ0n) is 10.0. The van der Waals surface area contributed by atoms with Crippen molar-refractivity contribution >= 4 is 29.1 Å². The van der Waals surface area contributed by atoms with Crippen LogP contribution in [0, 0.1) is 0 Å². The fourth-order valence-electron chi connectivity index (χ4n) is 2.11. The number of hydrogen-bond acceptors (Lipinski definition) is 2. The highest BCUT2D eigenvalue weighted by Gasteiger charge is 2.21. The molecule has 1 atom stereocenters. The molecule has 1 aromatic carbocycles. The van der Waals surface area contributed by atoms with Gasteiger partial charge >= 0.3 is 0 Å². The summed E-state index contributed by atoms with van der Waals surface area (Å²) in [6.45, 7) is 1.48. The highest BCUT2D eigenvalue weighted by Crippen LogP contribution is 2.24. The second-order valence-electron chi connectivity index (χ2n) is 4.39. The fraction of sp³-hybridized carbons (Fsp3) is 0.462. The van der Waals surface area contributed by atoms with Crippen molar-refractivity contribution in [3.63, 3.8) is 0 Å². The number of carbonyl (C=O) groups is 1. The molecule has 1 unspecified atom stereocenters. The van der Waals surface area contributed by atoms with Gasteiger partial charge in [-0.25, -0.2) is 0 Å². The summed E-state index contributed by atoms with van der Waals surface area (Å²) in [5.41, 5.74) is 0.889. The molecule has 2 rings (SSSR count). The predicted octanol–water partition coefficient (Wildman–Crippen LogP) is 2.40. The quantitative estimate of drug-likeness (QED) is 0.893. The first-order valence-corrected chi connectivity index (χ1v) is 6.88. The molecule has 1 saturated heterocycles. The van der Waals surface area contributed by atoms with E-state index in [4.69, 9.17) is 23.2 Å². The molecule has 1 aromatic rings. The normalized spacial score (nSPS) is 18.9. The van der Waals surface area contributed by atoms with Crippen LogP contribution in [0.1, 0.15) is 18.4 Å². The van der Waals surface area contributed by atoms with Crippen molar-refractivity contribution in [2.75, 3.05) is 13.1 Å². The van der Waals surface area contributed by atoms with Gasteiger partial charge in [0.05, 0.1) is 6.04 Å². The van der Waals surface area contributed by atoms with E-state index in [9.17, 15) is 4.79 Å². The van der Waals surface area contributed by atoms with Crippen LogP contribution in [0.2, 0.25) is 10.0 Å². The maximum absolute atomic E-state index is 11.8. The van der Waals surface area contributed by atoms with E-state index in [1.54, 1.807) is 0 Å². The van der Waals surface area contributed by atoms with E-state index in [0.29, 0.717) is 23.0 Å². The summed E-state index contributed by atoms with van der Waals surface area (Å²) in [4.78, 5) is 11.8. The van der Waals surface area contributed by atoms with Gasteiger partial charge in [-0.05, 0) is 43.5 Å². The Morgan fingerprint density at radius 3 is 2.72 bits per heavy atom. The predicted molar refractivity (Wildman–Crippen MR) is 74.2 cm³/mol. The average molecular weight is 287 g/mol. The lowest BCUT2D eigenvalue weighted by atomic mass is 10.1. The average Bonchev–Trinajstić information content (AvgIpc) is 2.86. The van der Waals surface area contributed by atoms with Gasteiger partial charge in [0.15, 0.2) is 0 Å². The molecule has 0 aromatic heterocycles. The zero-order chi connectivity index (χ0) is 13.0. The van der Waals surface area contributed by atoms with E-state index >= 15 is 0 Å². The topological polar surface area (TPSA) is 41.1 Å². The Morgan fingerprint density at radius 2 is 2.11 bits per heavy atom. The lowest BCUT2D eigenvalue weighted by Gasteiger charge is -2.12. The molecule has 0 aliphatic carbocycles. The second kappa shape index (κ2) is 6.41. The SMILES string of the molecule is O=C(NCCc1c(Cl)cccc1Cl)C1CCCN1. The second-order valence-corrected chi connectivity index (χ2v) is 5.20. The molecule has 0 radical (unpaired) electrons. The van der Waals surface area contributed by atoms with Crippen molar-refractivity contribution in [2.45, 2.75) is 25.3 Å². The molecule has 18 heavy (non-hydrogen) atoms. The van der Waals surface area contributed by atoms with E-state index < -0.39 is 0 Å². The number of carbonyl (C=O) groups excluding carboxylic acids is 1. The molecule has 1 fully saturated rings. The Kier molecular flexibility index (Phi) is 4.87. The first kappa shape index (κ1) is 13.7. The van der Waals surface area contributed by atoms with E-state index in [0.717, 1.165) is 24.9 Å². The molecule has 5 heteroatoms. The monoisotopic (exact) mass is 286 g/mol. The van der Waals surface area contributed by atoms with Crippen molar-refractivity contribution in [1.82, 2.24) is 10.6 Å². The van der Waals surface area contributed by atoms with Gasteiger partial charge in [0.1, 0.15) is 0 Å². The number of benzene rings is 1. The van der Waals surface area contributed by atoms with E-state index in [2.05, 4.69) is 10.6 Å². The maximum atomic E-state index is 11.8. The molecule has 0 spiro atoms. The molecule has 1 heterocycles. The van der Waals surface area contributed by atoms with Crippen LogP contribution in [0.25, 0.3) is 0 Å². The molecule has 2 N–H and O–H groups in total.